The van der Waals surface area contributed by atoms with Gasteiger partial charge in [-0.1, -0.05) is 0 Å². The van der Waals surface area contributed by atoms with Crippen LogP contribution in [0.15, 0.2) is 0 Å². The van der Waals surface area contributed by atoms with E-state index in [9.17, 15) is 9.18 Å². The van der Waals surface area contributed by atoms with Crippen LogP contribution in [-0.4, -0.2) is 42.8 Å². The summed E-state index contributed by atoms with van der Waals surface area (Å²) in [5, 5.41) is 8.25. The fraction of sp³-hybridized carbons (Fsp3) is 0.833. The standard InChI is InChI=1S/C6H12FNO2/c1-8(4-2-3-7)5-6(9)10/h2-5H2,1H3,(H,9,10). The molecule has 0 saturated heterocycles. The Balaban J connectivity index is 3.25. The number of alkyl halides is 1. The van der Waals surface area contributed by atoms with Gasteiger partial charge >= 0.3 is 5.97 Å². The molecule has 3 nitrogen and oxygen atoms in total. The molecule has 0 aromatic rings. The molecular formula is C6H12FNO2. The lowest BCUT2D eigenvalue weighted by Crippen LogP contribution is -2.26. The predicted octanol–water partition coefficient (Wildman–Crippen LogP) is 0.362. The molecule has 0 aromatic heterocycles. The molecule has 0 fully saturated rings. The van der Waals surface area contributed by atoms with Crippen LogP contribution in [0.3, 0.4) is 0 Å². The molecule has 0 aliphatic rings. The average Bonchev–Trinajstić information content (AvgIpc) is 1.82. The van der Waals surface area contributed by atoms with Crippen LogP contribution in [0.2, 0.25) is 0 Å². The van der Waals surface area contributed by atoms with Gasteiger partial charge < -0.3 is 5.11 Å². The van der Waals surface area contributed by atoms with Crippen LogP contribution in [0.25, 0.3) is 0 Å². The molecule has 0 aliphatic heterocycles. The van der Waals surface area contributed by atoms with E-state index in [1.54, 1.807) is 11.9 Å². The Kier molecular flexibility index (Phi) is 4.84. The Morgan fingerprint density at radius 3 is 2.70 bits per heavy atom. The minimum absolute atomic E-state index is 0.0139. The normalized spacial score (nSPS) is 10.3. The van der Waals surface area contributed by atoms with E-state index >= 15 is 0 Å². The molecule has 4 heteroatoms. The molecule has 0 aliphatic carbocycles. The highest BCUT2D eigenvalue weighted by molar-refractivity contribution is 5.68. The molecule has 0 heterocycles. The number of nitrogens with zero attached hydrogens (tertiary/aromatic N) is 1. The zero-order valence-corrected chi connectivity index (χ0v) is 6.01. The number of hydrogen-bond donors (Lipinski definition) is 1. The fourth-order valence-electron chi connectivity index (χ4n) is 0.640. The van der Waals surface area contributed by atoms with Gasteiger partial charge in [-0.25, -0.2) is 0 Å². The lowest BCUT2D eigenvalue weighted by atomic mass is 10.4. The summed E-state index contributed by atoms with van der Waals surface area (Å²) in [6, 6.07) is 0. The highest BCUT2D eigenvalue weighted by atomic mass is 19.1. The first-order valence-electron chi connectivity index (χ1n) is 3.13. The summed E-state index contributed by atoms with van der Waals surface area (Å²) in [5.74, 6) is -0.874. The molecule has 0 aromatic carbocycles. The number of halogens is 1. The molecule has 0 radical (unpaired) electrons. The Morgan fingerprint density at radius 1 is 1.70 bits per heavy atom. The van der Waals surface area contributed by atoms with Crippen LogP contribution in [0.4, 0.5) is 4.39 Å². The summed E-state index contributed by atoms with van der Waals surface area (Å²) in [7, 11) is 1.66. The van der Waals surface area contributed by atoms with Crippen molar-refractivity contribution in [2.45, 2.75) is 6.42 Å². The summed E-state index contributed by atoms with van der Waals surface area (Å²) in [6.07, 6.45) is 0.407. The minimum atomic E-state index is -0.874. The molecule has 0 amide bonds. The van der Waals surface area contributed by atoms with Crippen molar-refractivity contribution in [2.75, 3.05) is 26.8 Å². The van der Waals surface area contributed by atoms with E-state index in [0.29, 0.717) is 13.0 Å². The van der Waals surface area contributed by atoms with Gasteiger partial charge in [0, 0.05) is 6.54 Å². The van der Waals surface area contributed by atoms with Gasteiger partial charge in [0.05, 0.1) is 13.2 Å². The van der Waals surface area contributed by atoms with Crippen molar-refractivity contribution >= 4 is 5.97 Å². The monoisotopic (exact) mass is 149 g/mol. The molecule has 0 spiro atoms. The predicted molar refractivity (Wildman–Crippen MR) is 35.7 cm³/mol. The summed E-state index contributed by atoms with van der Waals surface area (Å²) in [5.41, 5.74) is 0. The zero-order valence-electron chi connectivity index (χ0n) is 6.01. The van der Waals surface area contributed by atoms with E-state index in [0.717, 1.165) is 0 Å². The van der Waals surface area contributed by atoms with E-state index in [1.165, 1.54) is 0 Å². The summed E-state index contributed by atoms with van der Waals surface area (Å²) >= 11 is 0. The third-order valence-electron chi connectivity index (χ3n) is 1.08. The van der Waals surface area contributed by atoms with Gasteiger partial charge in [0.15, 0.2) is 0 Å². The van der Waals surface area contributed by atoms with Gasteiger partial charge in [0.2, 0.25) is 0 Å². The Hall–Kier alpha value is -0.640. The first kappa shape index (κ1) is 9.36. The highest BCUT2D eigenvalue weighted by Crippen LogP contribution is 1.86. The molecular weight excluding hydrogens is 137 g/mol. The molecule has 0 bridgehead atoms. The Labute approximate surface area is 59.4 Å². The van der Waals surface area contributed by atoms with Crippen LogP contribution in [0, 0.1) is 0 Å². The van der Waals surface area contributed by atoms with Gasteiger partial charge in [-0.15, -0.1) is 0 Å². The van der Waals surface area contributed by atoms with E-state index in [4.69, 9.17) is 5.11 Å². The molecule has 0 saturated carbocycles. The lowest BCUT2D eigenvalue weighted by Gasteiger charge is -2.11. The van der Waals surface area contributed by atoms with Crippen molar-refractivity contribution in [2.24, 2.45) is 0 Å². The van der Waals surface area contributed by atoms with Gasteiger partial charge in [-0.2, -0.15) is 0 Å². The first-order chi connectivity index (χ1) is 4.66. The zero-order chi connectivity index (χ0) is 7.98. The third kappa shape index (κ3) is 5.50. The Bertz CT molecular complexity index is 108. The van der Waals surface area contributed by atoms with E-state index in [2.05, 4.69) is 0 Å². The van der Waals surface area contributed by atoms with Crippen molar-refractivity contribution in [3.8, 4) is 0 Å². The van der Waals surface area contributed by atoms with Crippen molar-refractivity contribution in [3.05, 3.63) is 0 Å². The maximum atomic E-state index is 11.5. The van der Waals surface area contributed by atoms with Crippen molar-refractivity contribution in [1.82, 2.24) is 4.90 Å². The number of hydrogen-bond acceptors (Lipinski definition) is 2. The summed E-state index contributed by atoms with van der Waals surface area (Å²) < 4.78 is 11.5. The molecule has 60 valence electrons. The fourth-order valence-corrected chi connectivity index (χ4v) is 0.640. The van der Waals surface area contributed by atoms with Gasteiger partial charge in [-0.05, 0) is 13.5 Å². The van der Waals surface area contributed by atoms with E-state index in [1.807, 2.05) is 0 Å². The smallest absolute Gasteiger partial charge is 0.317 e. The van der Waals surface area contributed by atoms with Crippen molar-refractivity contribution < 1.29 is 14.3 Å². The van der Waals surface area contributed by atoms with Crippen LogP contribution < -0.4 is 0 Å². The van der Waals surface area contributed by atoms with Gasteiger partial charge in [0.1, 0.15) is 0 Å². The second-order valence-corrected chi connectivity index (χ2v) is 2.17. The Morgan fingerprint density at radius 2 is 2.30 bits per heavy atom. The summed E-state index contributed by atoms with van der Waals surface area (Å²) in [6.45, 7) is 0.104. The minimum Gasteiger partial charge on any atom is -0.480 e. The van der Waals surface area contributed by atoms with Crippen LogP contribution in [0.5, 0.6) is 0 Å². The number of carbonyl (C=O) groups is 1. The molecule has 0 unspecified atom stereocenters. The first-order valence-corrected chi connectivity index (χ1v) is 3.13. The second-order valence-electron chi connectivity index (χ2n) is 2.17. The number of carboxylic acids is 1. The van der Waals surface area contributed by atoms with Crippen LogP contribution >= 0.6 is 0 Å². The number of aliphatic carboxylic acids is 1. The van der Waals surface area contributed by atoms with Crippen LogP contribution in [0.1, 0.15) is 6.42 Å². The van der Waals surface area contributed by atoms with E-state index in [-0.39, 0.29) is 13.2 Å². The molecule has 10 heavy (non-hydrogen) atoms. The van der Waals surface area contributed by atoms with Crippen molar-refractivity contribution in [3.63, 3.8) is 0 Å². The van der Waals surface area contributed by atoms with E-state index < -0.39 is 5.97 Å². The number of carboxylic acid groups (broad SMARTS) is 1. The topological polar surface area (TPSA) is 40.5 Å². The quantitative estimate of drug-likeness (QED) is 0.613. The second kappa shape index (κ2) is 5.17. The van der Waals surface area contributed by atoms with Crippen LogP contribution in [-0.2, 0) is 4.79 Å². The maximum absolute atomic E-state index is 11.5. The highest BCUT2D eigenvalue weighted by Gasteiger charge is 2.02. The number of likely N-dealkylation sites (N-methyl/N-ethyl adjacent to an activating group) is 1. The molecule has 1 N–H and O–H groups in total. The average molecular weight is 149 g/mol. The van der Waals surface area contributed by atoms with Crippen molar-refractivity contribution in [1.29, 1.82) is 0 Å². The van der Waals surface area contributed by atoms with Gasteiger partial charge in [-0.3, -0.25) is 14.1 Å². The maximum Gasteiger partial charge on any atom is 0.317 e. The van der Waals surface area contributed by atoms with Gasteiger partial charge in [0.25, 0.3) is 0 Å². The lowest BCUT2D eigenvalue weighted by molar-refractivity contribution is -0.138. The summed E-state index contributed by atoms with van der Waals surface area (Å²) in [4.78, 5) is 11.6. The third-order valence-corrected chi connectivity index (χ3v) is 1.08. The largest absolute Gasteiger partial charge is 0.480 e. The SMILES string of the molecule is CN(CCCF)CC(=O)O. The number of rotatable bonds is 5. The molecule has 0 atom stereocenters. The molecule has 0 rings (SSSR count).